The highest BCUT2D eigenvalue weighted by Crippen LogP contribution is 2.42. The standard InChI is InChI=1S/C16H29N/c1-6-8-11-16(4,5)14-10-9-13(3)12-15(14)17-7-2/h1,13-15,17H,7-12H2,2-5H3. The van der Waals surface area contributed by atoms with Crippen molar-refractivity contribution in [1.82, 2.24) is 5.32 Å². The van der Waals surface area contributed by atoms with E-state index >= 15 is 0 Å². The lowest BCUT2D eigenvalue weighted by molar-refractivity contribution is 0.0888. The number of rotatable bonds is 5. The van der Waals surface area contributed by atoms with Gasteiger partial charge in [-0.1, -0.05) is 34.1 Å². The third-order valence-electron chi connectivity index (χ3n) is 4.50. The van der Waals surface area contributed by atoms with Crippen molar-refractivity contribution >= 4 is 0 Å². The Bertz CT molecular complexity index is 261. The maximum absolute atomic E-state index is 5.42. The fraction of sp³-hybridized carbons (Fsp3) is 0.875. The van der Waals surface area contributed by atoms with Crippen LogP contribution < -0.4 is 5.32 Å². The maximum Gasteiger partial charge on any atom is 0.0103 e. The molecule has 1 N–H and O–H groups in total. The minimum absolute atomic E-state index is 0.374. The second-order valence-electron chi connectivity index (χ2n) is 6.38. The van der Waals surface area contributed by atoms with Gasteiger partial charge in [0.15, 0.2) is 0 Å². The second kappa shape index (κ2) is 6.45. The molecule has 3 atom stereocenters. The summed E-state index contributed by atoms with van der Waals surface area (Å²) in [5.41, 5.74) is 0.374. The van der Waals surface area contributed by atoms with Crippen LogP contribution in [0.1, 0.15) is 59.8 Å². The Labute approximate surface area is 108 Å². The molecule has 0 aliphatic heterocycles. The number of hydrogen-bond donors (Lipinski definition) is 1. The SMILES string of the molecule is C#CCCC(C)(C)C1CCC(C)CC1NCC. The zero-order valence-corrected chi connectivity index (χ0v) is 12.1. The molecule has 1 saturated carbocycles. The van der Waals surface area contributed by atoms with Gasteiger partial charge in [0.05, 0.1) is 0 Å². The molecule has 0 bridgehead atoms. The molecule has 17 heavy (non-hydrogen) atoms. The molecule has 0 amide bonds. The van der Waals surface area contributed by atoms with E-state index in [2.05, 4.69) is 38.9 Å². The third kappa shape index (κ3) is 4.03. The van der Waals surface area contributed by atoms with Crippen molar-refractivity contribution in [3.8, 4) is 12.3 Å². The van der Waals surface area contributed by atoms with E-state index in [0.717, 1.165) is 31.2 Å². The molecule has 98 valence electrons. The monoisotopic (exact) mass is 235 g/mol. The first-order chi connectivity index (χ1) is 8.01. The van der Waals surface area contributed by atoms with Gasteiger partial charge in [-0.25, -0.2) is 0 Å². The Morgan fingerprint density at radius 3 is 2.65 bits per heavy atom. The van der Waals surface area contributed by atoms with Crippen LogP contribution in [0, 0.1) is 29.6 Å². The van der Waals surface area contributed by atoms with Crippen LogP contribution in [-0.4, -0.2) is 12.6 Å². The Hall–Kier alpha value is -0.480. The molecule has 1 fully saturated rings. The van der Waals surface area contributed by atoms with Crippen molar-refractivity contribution in [3.63, 3.8) is 0 Å². The molecule has 0 saturated heterocycles. The van der Waals surface area contributed by atoms with E-state index in [1.807, 2.05) is 0 Å². The molecule has 1 aliphatic rings. The molecule has 3 unspecified atom stereocenters. The number of nitrogens with one attached hydrogen (secondary N) is 1. The molecular weight excluding hydrogens is 206 g/mol. The van der Waals surface area contributed by atoms with Crippen LogP contribution >= 0.6 is 0 Å². The van der Waals surface area contributed by atoms with E-state index in [0.29, 0.717) is 11.5 Å². The van der Waals surface area contributed by atoms with Gasteiger partial charge in [-0.15, -0.1) is 12.3 Å². The van der Waals surface area contributed by atoms with Crippen LogP contribution in [0.5, 0.6) is 0 Å². The highest BCUT2D eigenvalue weighted by molar-refractivity contribution is 4.94. The van der Waals surface area contributed by atoms with Crippen molar-refractivity contribution < 1.29 is 0 Å². The zero-order valence-electron chi connectivity index (χ0n) is 12.1. The smallest absolute Gasteiger partial charge is 0.0103 e. The second-order valence-corrected chi connectivity index (χ2v) is 6.38. The van der Waals surface area contributed by atoms with E-state index in [4.69, 9.17) is 6.42 Å². The molecule has 0 heterocycles. The zero-order chi connectivity index (χ0) is 12.9. The maximum atomic E-state index is 5.42. The summed E-state index contributed by atoms with van der Waals surface area (Å²) < 4.78 is 0. The summed E-state index contributed by atoms with van der Waals surface area (Å²) in [6, 6.07) is 0.691. The summed E-state index contributed by atoms with van der Waals surface area (Å²) in [4.78, 5) is 0. The van der Waals surface area contributed by atoms with Crippen molar-refractivity contribution in [1.29, 1.82) is 0 Å². The van der Waals surface area contributed by atoms with Crippen LogP contribution in [0.4, 0.5) is 0 Å². The molecule has 1 nitrogen and oxygen atoms in total. The van der Waals surface area contributed by atoms with Gasteiger partial charge in [-0.2, -0.15) is 0 Å². The van der Waals surface area contributed by atoms with E-state index < -0.39 is 0 Å². The first kappa shape index (κ1) is 14.6. The van der Waals surface area contributed by atoms with Crippen LogP contribution in [0.25, 0.3) is 0 Å². The van der Waals surface area contributed by atoms with Crippen molar-refractivity contribution in [2.75, 3.05) is 6.54 Å². The molecule has 0 radical (unpaired) electrons. The lowest BCUT2D eigenvalue weighted by atomic mass is 9.64. The van der Waals surface area contributed by atoms with Gasteiger partial charge >= 0.3 is 0 Å². The summed E-state index contributed by atoms with van der Waals surface area (Å²) in [5.74, 6) is 4.46. The predicted octanol–water partition coefficient (Wildman–Crippen LogP) is 3.84. The van der Waals surface area contributed by atoms with Gasteiger partial charge in [0.1, 0.15) is 0 Å². The average molecular weight is 235 g/mol. The highest BCUT2D eigenvalue weighted by Gasteiger charge is 2.37. The van der Waals surface area contributed by atoms with Crippen molar-refractivity contribution in [2.45, 2.75) is 65.8 Å². The van der Waals surface area contributed by atoms with Crippen LogP contribution in [-0.2, 0) is 0 Å². The van der Waals surface area contributed by atoms with E-state index in [1.54, 1.807) is 0 Å². The van der Waals surface area contributed by atoms with E-state index in [1.165, 1.54) is 19.3 Å². The fourth-order valence-corrected chi connectivity index (χ4v) is 3.38. The topological polar surface area (TPSA) is 12.0 Å². The summed E-state index contributed by atoms with van der Waals surface area (Å²) in [5, 5.41) is 3.70. The predicted molar refractivity (Wildman–Crippen MR) is 75.8 cm³/mol. The lowest BCUT2D eigenvalue weighted by Gasteiger charge is -2.44. The average Bonchev–Trinajstić information content (AvgIpc) is 2.27. The molecule has 1 aliphatic carbocycles. The molecule has 0 aromatic rings. The van der Waals surface area contributed by atoms with Gasteiger partial charge in [-0.05, 0) is 43.1 Å². The van der Waals surface area contributed by atoms with Crippen LogP contribution in [0.3, 0.4) is 0 Å². The first-order valence-corrected chi connectivity index (χ1v) is 7.18. The number of hydrogen-bond acceptors (Lipinski definition) is 1. The first-order valence-electron chi connectivity index (χ1n) is 7.18. The molecule has 0 aromatic heterocycles. The molecule has 1 rings (SSSR count). The normalized spacial score (nSPS) is 29.9. The minimum Gasteiger partial charge on any atom is -0.314 e. The van der Waals surface area contributed by atoms with Crippen LogP contribution in [0.2, 0.25) is 0 Å². The van der Waals surface area contributed by atoms with E-state index in [9.17, 15) is 0 Å². The Balaban J connectivity index is 2.67. The molecule has 1 heteroatoms. The summed E-state index contributed by atoms with van der Waals surface area (Å²) in [6.45, 7) is 10.5. The molecule has 0 aromatic carbocycles. The van der Waals surface area contributed by atoms with Crippen LogP contribution in [0.15, 0.2) is 0 Å². The van der Waals surface area contributed by atoms with Crippen molar-refractivity contribution in [3.05, 3.63) is 0 Å². The largest absolute Gasteiger partial charge is 0.314 e. The van der Waals surface area contributed by atoms with Gasteiger partial charge in [0.2, 0.25) is 0 Å². The van der Waals surface area contributed by atoms with Gasteiger partial charge in [0.25, 0.3) is 0 Å². The molecule has 0 spiro atoms. The van der Waals surface area contributed by atoms with Crippen molar-refractivity contribution in [2.24, 2.45) is 17.3 Å². The quantitative estimate of drug-likeness (QED) is 0.714. The van der Waals surface area contributed by atoms with E-state index in [-0.39, 0.29) is 0 Å². The Morgan fingerprint density at radius 1 is 1.35 bits per heavy atom. The highest BCUT2D eigenvalue weighted by atomic mass is 14.9. The lowest BCUT2D eigenvalue weighted by Crippen LogP contribution is -2.46. The number of terminal acetylenes is 1. The van der Waals surface area contributed by atoms with Gasteiger partial charge < -0.3 is 5.32 Å². The summed E-state index contributed by atoms with van der Waals surface area (Å²) >= 11 is 0. The third-order valence-corrected chi connectivity index (χ3v) is 4.50. The van der Waals surface area contributed by atoms with Gasteiger partial charge in [-0.3, -0.25) is 0 Å². The fourth-order valence-electron chi connectivity index (χ4n) is 3.38. The summed E-state index contributed by atoms with van der Waals surface area (Å²) in [6.07, 6.45) is 11.6. The summed E-state index contributed by atoms with van der Waals surface area (Å²) in [7, 11) is 0. The Morgan fingerprint density at radius 2 is 2.06 bits per heavy atom. The van der Waals surface area contributed by atoms with Gasteiger partial charge in [0, 0.05) is 12.5 Å². The Kier molecular flexibility index (Phi) is 5.53. The molecular formula is C16H29N. The minimum atomic E-state index is 0.374.